The fourth-order valence-electron chi connectivity index (χ4n) is 4.20. The Morgan fingerprint density at radius 2 is 0.963 bits per heavy atom. The summed E-state index contributed by atoms with van der Waals surface area (Å²) in [5.41, 5.74) is 0.480. The number of unbranched alkanes of at least 4 members (excludes halogenated alkanes) is 2. The van der Waals surface area contributed by atoms with Crippen molar-refractivity contribution in [3.63, 3.8) is 0 Å². The van der Waals surface area contributed by atoms with Gasteiger partial charge in [-0.2, -0.15) is 0 Å². The summed E-state index contributed by atoms with van der Waals surface area (Å²) < 4.78 is 24.2. The molecule has 0 saturated carbocycles. The lowest BCUT2D eigenvalue weighted by molar-refractivity contribution is -0.244. The van der Waals surface area contributed by atoms with E-state index in [9.17, 15) is 0 Å². The fourth-order valence-corrected chi connectivity index (χ4v) is 4.20. The minimum Gasteiger partial charge on any atom is -0.352 e. The molecule has 0 radical (unpaired) electrons. The quantitative estimate of drug-likeness (QED) is 0.409. The van der Waals surface area contributed by atoms with Gasteiger partial charge in [-0.15, -0.1) is 0 Å². The summed E-state index contributed by atoms with van der Waals surface area (Å²) in [5, 5.41) is 0. The molecule has 2 aliphatic rings. The van der Waals surface area contributed by atoms with Crippen molar-refractivity contribution < 1.29 is 18.9 Å². The summed E-state index contributed by atoms with van der Waals surface area (Å²) in [6, 6.07) is 0. The first-order valence-electron chi connectivity index (χ1n) is 11.6. The third-order valence-corrected chi connectivity index (χ3v) is 6.80. The third kappa shape index (κ3) is 6.99. The van der Waals surface area contributed by atoms with Gasteiger partial charge < -0.3 is 18.9 Å². The van der Waals surface area contributed by atoms with E-state index in [2.05, 4.69) is 27.7 Å². The van der Waals surface area contributed by atoms with Crippen LogP contribution in [-0.4, -0.2) is 39.0 Å². The van der Waals surface area contributed by atoms with E-state index in [4.69, 9.17) is 18.9 Å². The van der Waals surface area contributed by atoms with Gasteiger partial charge in [0.25, 0.3) is 0 Å². The van der Waals surface area contributed by atoms with Crippen molar-refractivity contribution >= 4 is 0 Å². The summed E-state index contributed by atoms with van der Waals surface area (Å²) in [7, 11) is 0. The highest BCUT2D eigenvalue weighted by atomic mass is 16.7. The molecule has 4 nitrogen and oxygen atoms in total. The molecule has 2 rings (SSSR count). The highest BCUT2D eigenvalue weighted by Crippen LogP contribution is 2.36. The van der Waals surface area contributed by atoms with Crippen LogP contribution in [0.5, 0.6) is 0 Å². The second kappa shape index (κ2) is 11.7. The van der Waals surface area contributed by atoms with Crippen LogP contribution in [0.2, 0.25) is 0 Å². The lowest BCUT2D eigenvalue weighted by Gasteiger charge is -2.40. The molecule has 0 unspecified atom stereocenters. The maximum absolute atomic E-state index is 6.06. The highest BCUT2D eigenvalue weighted by molar-refractivity contribution is 4.82. The first kappa shape index (κ1) is 23.1. The van der Waals surface area contributed by atoms with Gasteiger partial charge >= 0.3 is 0 Å². The maximum Gasteiger partial charge on any atom is 0.157 e. The summed E-state index contributed by atoms with van der Waals surface area (Å²) in [6.45, 7) is 12.4. The molecule has 4 heteroatoms. The van der Waals surface area contributed by atoms with Gasteiger partial charge in [-0.25, -0.2) is 0 Å². The average molecular weight is 385 g/mol. The molecule has 0 N–H and O–H groups in total. The van der Waals surface area contributed by atoms with Crippen molar-refractivity contribution in [2.45, 2.75) is 111 Å². The van der Waals surface area contributed by atoms with Crippen LogP contribution in [0.4, 0.5) is 0 Å². The summed E-state index contributed by atoms with van der Waals surface area (Å²) >= 11 is 0. The van der Waals surface area contributed by atoms with Gasteiger partial charge in [0.2, 0.25) is 0 Å². The molecule has 0 aliphatic carbocycles. The van der Waals surface area contributed by atoms with Crippen LogP contribution in [0.3, 0.4) is 0 Å². The van der Waals surface area contributed by atoms with E-state index in [1.807, 2.05) is 0 Å². The first-order valence-corrected chi connectivity index (χ1v) is 11.6. The van der Waals surface area contributed by atoms with Crippen molar-refractivity contribution in [2.24, 2.45) is 10.8 Å². The van der Waals surface area contributed by atoms with Gasteiger partial charge in [0, 0.05) is 10.8 Å². The maximum atomic E-state index is 6.06. The van der Waals surface area contributed by atoms with Gasteiger partial charge in [0.1, 0.15) is 0 Å². The summed E-state index contributed by atoms with van der Waals surface area (Å²) in [6.07, 6.45) is 12.5. The van der Waals surface area contributed by atoms with Crippen LogP contribution in [0.1, 0.15) is 98.3 Å². The van der Waals surface area contributed by atoms with E-state index in [-0.39, 0.29) is 23.4 Å². The molecular weight excluding hydrogens is 340 g/mol. The van der Waals surface area contributed by atoms with Crippen LogP contribution in [0, 0.1) is 10.8 Å². The van der Waals surface area contributed by atoms with Gasteiger partial charge in [-0.1, -0.05) is 53.4 Å². The Bertz CT molecular complexity index is 346. The molecule has 27 heavy (non-hydrogen) atoms. The van der Waals surface area contributed by atoms with E-state index in [0.717, 1.165) is 58.5 Å². The molecule has 0 bridgehead atoms. The Labute approximate surface area is 167 Å². The lowest BCUT2D eigenvalue weighted by Crippen LogP contribution is -2.42. The molecule has 0 aromatic carbocycles. The van der Waals surface area contributed by atoms with Gasteiger partial charge in [-0.05, 0) is 44.9 Å². The molecule has 0 aromatic heterocycles. The minimum absolute atomic E-state index is 0.0471. The molecule has 2 saturated heterocycles. The van der Waals surface area contributed by atoms with Crippen molar-refractivity contribution in [1.82, 2.24) is 0 Å². The number of hydrogen-bond donors (Lipinski definition) is 0. The zero-order valence-corrected chi connectivity index (χ0v) is 18.4. The second-order valence-corrected chi connectivity index (χ2v) is 8.95. The zero-order valence-electron chi connectivity index (χ0n) is 18.4. The molecule has 0 aromatic rings. The Hall–Kier alpha value is -0.160. The lowest BCUT2D eigenvalue weighted by atomic mass is 9.81. The monoisotopic (exact) mass is 384 g/mol. The normalized spacial score (nSPS) is 34.7. The largest absolute Gasteiger partial charge is 0.352 e. The van der Waals surface area contributed by atoms with E-state index < -0.39 is 0 Å². The van der Waals surface area contributed by atoms with Crippen LogP contribution < -0.4 is 0 Å². The van der Waals surface area contributed by atoms with Crippen LogP contribution in [0.15, 0.2) is 0 Å². The summed E-state index contributed by atoms with van der Waals surface area (Å²) in [5.74, 6) is 0. The molecule has 0 atom stereocenters. The van der Waals surface area contributed by atoms with Gasteiger partial charge in [0.05, 0.1) is 26.4 Å². The van der Waals surface area contributed by atoms with E-state index in [1.165, 1.54) is 38.5 Å². The van der Waals surface area contributed by atoms with Gasteiger partial charge in [0.15, 0.2) is 12.6 Å². The summed E-state index contributed by atoms with van der Waals surface area (Å²) in [4.78, 5) is 0. The number of ether oxygens (including phenoxy) is 4. The standard InChI is InChI=1S/C23H44O4/c1-5-9-14-22(7-3)16-24-20(25-17-22)12-11-13-21-26-18-23(8-4,19-27-21)15-10-6-2/h20-21H,5-19H2,1-4H3. The topological polar surface area (TPSA) is 36.9 Å². The Morgan fingerprint density at radius 3 is 1.26 bits per heavy atom. The molecule has 0 amide bonds. The highest BCUT2D eigenvalue weighted by Gasteiger charge is 2.36. The van der Waals surface area contributed by atoms with Crippen molar-refractivity contribution in [3.8, 4) is 0 Å². The van der Waals surface area contributed by atoms with Crippen molar-refractivity contribution in [2.75, 3.05) is 26.4 Å². The second-order valence-electron chi connectivity index (χ2n) is 8.95. The Morgan fingerprint density at radius 1 is 0.593 bits per heavy atom. The molecular formula is C23H44O4. The molecule has 2 heterocycles. The van der Waals surface area contributed by atoms with Gasteiger partial charge in [-0.3, -0.25) is 0 Å². The molecule has 2 fully saturated rings. The van der Waals surface area contributed by atoms with E-state index in [0.29, 0.717) is 0 Å². The van der Waals surface area contributed by atoms with Crippen molar-refractivity contribution in [3.05, 3.63) is 0 Å². The van der Waals surface area contributed by atoms with Crippen LogP contribution in [-0.2, 0) is 18.9 Å². The molecule has 160 valence electrons. The Kier molecular flexibility index (Phi) is 10.1. The minimum atomic E-state index is -0.0471. The predicted molar refractivity (Wildman–Crippen MR) is 110 cm³/mol. The fraction of sp³-hybridized carbons (Fsp3) is 1.00. The zero-order chi connectivity index (χ0) is 19.6. The predicted octanol–water partition coefficient (Wildman–Crippen LogP) is 6.08. The third-order valence-electron chi connectivity index (χ3n) is 6.80. The Balaban J connectivity index is 1.62. The average Bonchev–Trinajstić information content (AvgIpc) is 2.73. The number of rotatable bonds is 12. The van der Waals surface area contributed by atoms with Crippen LogP contribution in [0.25, 0.3) is 0 Å². The smallest absolute Gasteiger partial charge is 0.157 e. The van der Waals surface area contributed by atoms with E-state index in [1.54, 1.807) is 0 Å². The number of hydrogen-bond acceptors (Lipinski definition) is 4. The first-order chi connectivity index (χ1) is 13.1. The SMILES string of the molecule is CCCCC1(CC)COC(CCCC2OCC(CC)(CCCC)CO2)OC1. The van der Waals surface area contributed by atoms with Crippen LogP contribution >= 0.6 is 0 Å². The van der Waals surface area contributed by atoms with E-state index >= 15 is 0 Å². The molecule has 0 spiro atoms. The molecule has 2 aliphatic heterocycles. The van der Waals surface area contributed by atoms with Crippen molar-refractivity contribution in [1.29, 1.82) is 0 Å².